The summed E-state index contributed by atoms with van der Waals surface area (Å²) in [4.78, 5) is 29.3. The molecule has 0 bridgehead atoms. The number of thiophene rings is 1. The summed E-state index contributed by atoms with van der Waals surface area (Å²) >= 11 is 7.62. The van der Waals surface area contributed by atoms with Gasteiger partial charge >= 0.3 is 0 Å². The normalized spacial score (nSPS) is 12.7. The van der Waals surface area contributed by atoms with Gasteiger partial charge in [0.15, 0.2) is 0 Å². The van der Waals surface area contributed by atoms with Crippen LogP contribution >= 0.6 is 22.9 Å². The molecular weight excluding hydrogens is 556 g/mol. The second-order valence-corrected chi connectivity index (χ2v) is 11.2. The number of halogens is 3. The topological polar surface area (TPSA) is 81.7 Å². The maximum absolute atomic E-state index is 13.9. The van der Waals surface area contributed by atoms with E-state index in [1.807, 2.05) is 19.2 Å². The van der Waals surface area contributed by atoms with E-state index in [2.05, 4.69) is 10.6 Å². The molecule has 3 aromatic rings. The maximum atomic E-state index is 13.9. The highest BCUT2D eigenvalue weighted by Crippen LogP contribution is 2.21. The van der Waals surface area contributed by atoms with Gasteiger partial charge in [-0.1, -0.05) is 25.4 Å². The molecule has 6 nitrogen and oxygen atoms in total. The first kappa shape index (κ1) is 31.7. The Morgan fingerprint density at radius 1 is 1.02 bits per heavy atom. The van der Waals surface area contributed by atoms with Crippen molar-refractivity contribution in [3.05, 3.63) is 91.6 Å². The molecule has 10 heteroatoms. The minimum Gasteiger partial charge on any atom is -0.390 e. The Balaban J connectivity index is 1.81. The summed E-state index contributed by atoms with van der Waals surface area (Å²) in [6, 6.07) is 8.98. The summed E-state index contributed by atoms with van der Waals surface area (Å²) < 4.78 is 27.8. The molecule has 1 heterocycles. The van der Waals surface area contributed by atoms with Crippen molar-refractivity contribution >= 4 is 34.8 Å². The van der Waals surface area contributed by atoms with Crippen LogP contribution < -0.4 is 10.6 Å². The summed E-state index contributed by atoms with van der Waals surface area (Å²) in [5.41, 5.74) is 1.70. The highest BCUT2D eigenvalue weighted by atomic mass is 35.5. The molecule has 0 fully saturated rings. The minimum absolute atomic E-state index is 0.0125. The number of rotatable bonds is 14. The molecule has 0 aliphatic rings. The molecule has 2 aromatic carbocycles. The molecular formula is C30H36ClF2N3O3S. The highest BCUT2D eigenvalue weighted by Gasteiger charge is 2.24. The lowest BCUT2D eigenvalue weighted by Gasteiger charge is -2.25. The summed E-state index contributed by atoms with van der Waals surface area (Å²) in [5, 5.41) is 19.5. The Labute approximate surface area is 243 Å². The van der Waals surface area contributed by atoms with E-state index in [1.165, 1.54) is 23.5 Å². The number of benzene rings is 2. The van der Waals surface area contributed by atoms with Crippen LogP contribution in [0.3, 0.4) is 0 Å². The van der Waals surface area contributed by atoms with Gasteiger partial charge in [-0.15, -0.1) is 11.3 Å². The van der Waals surface area contributed by atoms with Crippen LogP contribution in [0.2, 0.25) is 5.02 Å². The zero-order valence-electron chi connectivity index (χ0n) is 23.0. The van der Waals surface area contributed by atoms with Crippen molar-refractivity contribution in [2.24, 2.45) is 0 Å². The molecule has 3 rings (SSSR count). The summed E-state index contributed by atoms with van der Waals surface area (Å²) in [5.74, 6) is -2.14. The van der Waals surface area contributed by atoms with E-state index in [0.29, 0.717) is 30.2 Å². The van der Waals surface area contributed by atoms with Crippen molar-refractivity contribution in [3.63, 3.8) is 0 Å². The smallest absolute Gasteiger partial charge is 0.253 e. The Bertz CT molecular complexity index is 1280. The third-order valence-corrected chi connectivity index (χ3v) is 7.74. The van der Waals surface area contributed by atoms with Crippen molar-refractivity contribution in [3.8, 4) is 0 Å². The van der Waals surface area contributed by atoms with E-state index >= 15 is 0 Å². The number of nitrogens with zero attached hydrogens (tertiary/aromatic N) is 1. The Hall–Kier alpha value is -2.85. The van der Waals surface area contributed by atoms with Crippen molar-refractivity contribution in [2.45, 2.75) is 58.7 Å². The average molecular weight is 592 g/mol. The quantitative estimate of drug-likeness (QED) is 0.223. The number of hydrogen-bond acceptors (Lipinski definition) is 5. The Kier molecular flexibility index (Phi) is 12.1. The number of carbonyl (C=O) groups is 2. The van der Waals surface area contributed by atoms with Gasteiger partial charge in [-0.2, -0.15) is 0 Å². The molecule has 2 atom stereocenters. The fraction of sp³-hybridized carbons (Fsp3) is 0.400. The molecule has 0 unspecified atom stereocenters. The minimum atomic E-state index is -1.09. The van der Waals surface area contributed by atoms with Crippen LogP contribution in [0.1, 0.15) is 63.4 Å². The SMILES string of the molecule is CCCN(CCC)C(=O)c1cc(C)cc(C(=O)N[C@@H](Cc2cc(F)cc(F)c2)[C@H](O)CNCc2sccc2Cl)c1. The van der Waals surface area contributed by atoms with Gasteiger partial charge in [0.05, 0.1) is 17.2 Å². The van der Waals surface area contributed by atoms with Gasteiger partial charge in [-0.3, -0.25) is 9.59 Å². The Morgan fingerprint density at radius 3 is 2.27 bits per heavy atom. The van der Waals surface area contributed by atoms with E-state index in [4.69, 9.17) is 11.6 Å². The van der Waals surface area contributed by atoms with Crippen molar-refractivity contribution in [2.75, 3.05) is 19.6 Å². The maximum Gasteiger partial charge on any atom is 0.253 e. The van der Waals surface area contributed by atoms with Crippen LogP contribution in [0.5, 0.6) is 0 Å². The zero-order chi connectivity index (χ0) is 29.2. The summed E-state index contributed by atoms with van der Waals surface area (Å²) in [6.07, 6.45) is 0.529. The predicted molar refractivity (Wildman–Crippen MR) is 156 cm³/mol. The number of aliphatic hydroxyl groups is 1. The van der Waals surface area contributed by atoms with Crippen molar-refractivity contribution < 1.29 is 23.5 Å². The number of nitrogens with one attached hydrogen (secondary N) is 2. The van der Waals surface area contributed by atoms with E-state index in [0.717, 1.165) is 29.3 Å². The molecule has 3 N–H and O–H groups in total. The summed E-state index contributed by atoms with van der Waals surface area (Å²) in [7, 11) is 0. The Morgan fingerprint density at radius 2 is 1.68 bits per heavy atom. The van der Waals surface area contributed by atoms with Crippen LogP contribution in [0.15, 0.2) is 47.8 Å². The van der Waals surface area contributed by atoms with Crippen molar-refractivity contribution in [1.29, 1.82) is 0 Å². The van der Waals surface area contributed by atoms with Crippen LogP contribution in [0.25, 0.3) is 0 Å². The van der Waals surface area contributed by atoms with Crippen LogP contribution in [-0.2, 0) is 13.0 Å². The zero-order valence-corrected chi connectivity index (χ0v) is 24.5. The molecule has 0 spiro atoms. The number of carbonyl (C=O) groups excluding carboxylic acids is 2. The van der Waals surface area contributed by atoms with E-state index in [-0.39, 0.29) is 30.0 Å². The second kappa shape index (κ2) is 15.2. The largest absolute Gasteiger partial charge is 0.390 e. The predicted octanol–water partition coefficient (Wildman–Crippen LogP) is 5.74. The molecule has 40 heavy (non-hydrogen) atoms. The fourth-order valence-corrected chi connectivity index (χ4v) is 5.59. The molecule has 1 aromatic heterocycles. The molecule has 0 saturated heterocycles. The van der Waals surface area contributed by atoms with Gasteiger partial charge in [0.1, 0.15) is 11.6 Å². The lowest BCUT2D eigenvalue weighted by molar-refractivity contribution is 0.0755. The molecule has 0 radical (unpaired) electrons. The highest BCUT2D eigenvalue weighted by molar-refractivity contribution is 7.10. The monoisotopic (exact) mass is 591 g/mol. The van der Waals surface area contributed by atoms with Gasteiger partial charge < -0.3 is 20.6 Å². The van der Waals surface area contributed by atoms with Crippen LogP contribution in [-0.4, -0.2) is 53.6 Å². The van der Waals surface area contributed by atoms with Crippen molar-refractivity contribution in [1.82, 2.24) is 15.5 Å². The lowest BCUT2D eigenvalue weighted by atomic mass is 9.99. The van der Waals surface area contributed by atoms with Gasteiger partial charge in [0.25, 0.3) is 11.8 Å². The van der Waals surface area contributed by atoms with Gasteiger partial charge in [0.2, 0.25) is 0 Å². The second-order valence-electron chi connectivity index (χ2n) is 9.83. The number of hydrogen-bond donors (Lipinski definition) is 3. The molecule has 216 valence electrons. The first-order valence-electron chi connectivity index (χ1n) is 13.4. The van der Waals surface area contributed by atoms with Gasteiger partial charge in [0, 0.05) is 48.2 Å². The first-order chi connectivity index (χ1) is 19.1. The third kappa shape index (κ3) is 9.09. The van der Waals surface area contributed by atoms with E-state index in [1.54, 1.807) is 36.1 Å². The molecule has 2 amide bonds. The molecule has 0 aliphatic carbocycles. The van der Waals surface area contributed by atoms with Gasteiger partial charge in [-0.25, -0.2) is 8.78 Å². The standard InChI is InChI=1S/C30H36ClF2N3O3S/c1-4-7-36(8-5-2)30(39)22-11-19(3)10-21(15-22)29(38)35-26(14-20-12-23(32)16-24(33)13-20)27(37)17-34-18-28-25(31)6-9-40-28/h6,9-13,15-16,26-27,34,37H,4-5,7-8,14,17-18H2,1-3H3,(H,35,38)/t26-,27+/m0/s1. The fourth-order valence-electron chi connectivity index (χ4n) is 4.52. The average Bonchev–Trinajstić information content (AvgIpc) is 3.31. The third-order valence-electron chi connectivity index (χ3n) is 6.35. The molecule has 0 aliphatic heterocycles. The summed E-state index contributed by atoms with van der Waals surface area (Å²) in [6.45, 7) is 7.55. The lowest BCUT2D eigenvalue weighted by Crippen LogP contribution is -2.48. The number of amides is 2. The van der Waals surface area contributed by atoms with E-state index in [9.17, 15) is 23.5 Å². The van der Waals surface area contributed by atoms with Gasteiger partial charge in [-0.05, 0) is 79.1 Å². The van der Waals surface area contributed by atoms with Crippen LogP contribution in [0, 0.1) is 18.6 Å². The molecule has 0 saturated carbocycles. The number of aryl methyl sites for hydroxylation is 1. The van der Waals surface area contributed by atoms with Crippen LogP contribution in [0.4, 0.5) is 8.78 Å². The number of aliphatic hydroxyl groups excluding tert-OH is 1. The van der Waals surface area contributed by atoms with E-state index < -0.39 is 29.7 Å². The first-order valence-corrected chi connectivity index (χ1v) is 14.6.